The zero-order valence-electron chi connectivity index (χ0n) is 17.9. The van der Waals surface area contributed by atoms with Crippen LogP contribution < -0.4 is 4.72 Å². The largest absolute Gasteiger partial charge is 0.459 e. The van der Waals surface area contributed by atoms with Crippen LogP contribution in [0.1, 0.15) is 37.6 Å². The number of ether oxygens (including phenoxy) is 1. The zero-order valence-corrected chi connectivity index (χ0v) is 21.9. The summed E-state index contributed by atoms with van der Waals surface area (Å²) in [5.74, 6) is -2.17. The van der Waals surface area contributed by atoms with Crippen molar-refractivity contribution in [3.8, 4) is 6.07 Å². The number of nitriles is 1. The number of nitrogens with one attached hydrogen (secondary N) is 1. The van der Waals surface area contributed by atoms with Crippen molar-refractivity contribution in [3.05, 3.63) is 37.3 Å². The van der Waals surface area contributed by atoms with E-state index in [1.807, 2.05) is 0 Å². The molecule has 1 N–H and O–H groups in total. The Labute approximate surface area is 210 Å². The molecule has 1 saturated heterocycles. The molecule has 178 valence electrons. The van der Waals surface area contributed by atoms with E-state index in [1.54, 1.807) is 37.1 Å². The number of sulfonamides is 1. The molecule has 1 amide bonds. The highest BCUT2D eigenvalue weighted by atomic mass is 35.5. The first-order chi connectivity index (χ1) is 15.3. The van der Waals surface area contributed by atoms with Crippen molar-refractivity contribution in [2.75, 3.05) is 6.54 Å². The number of carbonyl (C=O) groups excluding carboxylic acids is 2. The van der Waals surface area contributed by atoms with Crippen LogP contribution in [-0.2, 0) is 30.9 Å². The fourth-order valence-corrected chi connectivity index (χ4v) is 7.13. The molecule has 3 heterocycles. The van der Waals surface area contributed by atoms with Crippen molar-refractivity contribution in [2.24, 2.45) is 5.92 Å². The fourth-order valence-electron chi connectivity index (χ4n) is 3.31. The summed E-state index contributed by atoms with van der Waals surface area (Å²) in [7, 11) is -4.21. The van der Waals surface area contributed by atoms with Crippen LogP contribution in [0.2, 0.25) is 9.36 Å². The van der Waals surface area contributed by atoms with Crippen LogP contribution in [0.25, 0.3) is 0 Å². The monoisotopic (exact) mass is 549 g/mol. The molecule has 1 unspecified atom stereocenters. The molecule has 33 heavy (non-hydrogen) atoms. The molecule has 13 heteroatoms. The van der Waals surface area contributed by atoms with E-state index in [0.717, 1.165) is 16.9 Å². The Kier molecular flexibility index (Phi) is 7.78. The number of hydrogen-bond donors (Lipinski definition) is 1. The van der Waals surface area contributed by atoms with Gasteiger partial charge >= 0.3 is 5.97 Å². The van der Waals surface area contributed by atoms with Crippen LogP contribution in [0.5, 0.6) is 0 Å². The fraction of sp³-hybridized carbons (Fsp3) is 0.450. The van der Waals surface area contributed by atoms with Gasteiger partial charge in [0.2, 0.25) is 5.91 Å². The van der Waals surface area contributed by atoms with Gasteiger partial charge in [-0.05, 0) is 50.3 Å². The van der Waals surface area contributed by atoms with Gasteiger partial charge in [-0.2, -0.15) is 9.98 Å². The van der Waals surface area contributed by atoms with E-state index in [2.05, 4.69) is 10.8 Å². The number of hydrogen-bond acceptors (Lipinski definition) is 8. The third kappa shape index (κ3) is 6.26. The third-order valence-electron chi connectivity index (χ3n) is 4.71. The molecule has 0 aliphatic carbocycles. The molecule has 1 aliphatic rings. The Bertz CT molecular complexity index is 1190. The standard InChI is InChI=1S/C20H21Cl2N3O5S3/c1-20(2,3)30-19(27)16(24-33(28,29)15-7-14(21)17(22)32-15)13-4-5-25(18(13)26)9-11-6-12(8-23)31-10-11/h6-7,10,13,16,24H,4-5,9H2,1-3H3/t13-,16?/m0/s1. The first-order valence-corrected chi connectivity index (χ1v) is 13.7. The molecular weight excluding hydrogens is 529 g/mol. The number of carbonyl (C=O) groups is 2. The zero-order chi connectivity index (χ0) is 24.6. The van der Waals surface area contributed by atoms with Crippen LogP contribution in [0.3, 0.4) is 0 Å². The summed E-state index contributed by atoms with van der Waals surface area (Å²) < 4.78 is 33.6. The molecule has 0 bridgehead atoms. The molecule has 0 spiro atoms. The second-order valence-corrected chi connectivity index (χ2v) is 13.3. The number of esters is 1. The quantitative estimate of drug-likeness (QED) is 0.521. The number of likely N-dealkylation sites (tertiary alicyclic amines) is 1. The van der Waals surface area contributed by atoms with E-state index >= 15 is 0 Å². The van der Waals surface area contributed by atoms with Crippen molar-refractivity contribution in [1.82, 2.24) is 9.62 Å². The van der Waals surface area contributed by atoms with Gasteiger partial charge in [0, 0.05) is 13.1 Å². The van der Waals surface area contributed by atoms with E-state index in [4.69, 9.17) is 33.2 Å². The lowest BCUT2D eigenvalue weighted by Gasteiger charge is -2.27. The molecule has 8 nitrogen and oxygen atoms in total. The summed E-state index contributed by atoms with van der Waals surface area (Å²) in [5, 5.41) is 10.9. The lowest BCUT2D eigenvalue weighted by atomic mass is 9.99. The van der Waals surface area contributed by atoms with Crippen LogP contribution >= 0.6 is 45.9 Å². The first kappa shape index (κ1) is 25.9. The van der Waals surface area contributed by atoms with E-state index < -0.39 is 33.6 Å². The van der Waals surface area contributed by atoms with Gasteiger partial charge in [-0.15, -0.1) is 22.7 Å². The van der Waals surface area contributed by atoms with Gasteiger partial charge in [0.05, 0.1) is 10.9 Å². The first-order valence-electron chi connectivity index (χ1n) is 9.77. The molecule has 2 aromatic rings. The minimum absolute atomic E-state index is 0.0754. The van der Waals surface area contributed by atoms with Gasteiger partial charge in [-0.25, -0.2) is 8.42 Å². The number of rotatable bonds is 7. The minimum atomic E-state index is -4.21. The lowest BCUT2D eigenvalue weighted by molar-refractivity contribution is -0.160. The van der Waals surface area contributed by atoms with Gasteiger partial charge in [-0.3, -0.25) is 9.59 Å². The summed E-state index contributed by atoms with van der Waals surface area (Å²) in [6.07, 6.45) is 0.256. The second-order valence-electron chi connectivity index (χ2n) is 8.41. The maximum absolute atomic E-state index is 13.2. The predicted octanol–water partition coefficient (Wildman–Crippen LogP) is 4.03. The maximum atomic E-state index is 13.2. The average Bonchev–Trinajstić information content (AvgIpc) is 3.40. The third-order valence-corrected chi connectivity index (χ3v) is 9.37. The van der Waals surface area contributed by atoms with Gasteiger partial charge in [-0.1, -0.05) is 23.2 Å². The molecular formula is C20H21Cl2N3O5S3. The maximum Gasteiger partial charge on any atom is 0.325 e. The lowest BCUT2D eigenvalue weighted by Crippen LogP contribution is -2.50. The molecule has 0 aromatic carbocycles. The van der Waals surface area contributed by atoms with Crippen molar-refractivity contribution < 1.29 is 22.7 Å². The van der Waals surface area contributed by atoms with Gasteiger partial charge in [0.15, 0.2) is 0 Å². The van der Waals surface area contributed by atoms with Crippen molar-refractivity contribution in [1.29, 1.82) is 5.26 Å². The normalized spacial score (nSPS) is 17.8. The number of halogens is 2. The Morgan fingerprint density at radius 3 is 2.64 bits per heavy atom. The topological polar surface area (TPSA) is 117 Å². The van der Waals surface area contributed by atoms with E-state index in [9.17, 15) is 18.0 Å². The Balaban J connectivity index is 1.85. The summed E-state index contributed by atoms with van der Waals surface area (Å²) >= 11 is 13.8. The second kappa shape index (κ2) is 9.90. The molecule has 0 saturated carbocycles. The SMILES string of the molecule is CC(C)(C)OC(=O)C(NS(=O)(=O)c1cc(Cl)c(Cl)s1)[C@@H]1CCN(Cc2csc(C#N)c2)C1=O. The van der Waals surface area contributed by atoms with E-state index in [1.165, 1.54) is 17.4 Å². The molecule has 2 aromatic heterocycles. The molecule has 1 aliphatic heterocycles. The van der Waals surface area contributed by atoms with Gasteiger partial charge in [0.1, 0.15) is 31.1 Å². The number of amides is 1. The minimum Gasteiger partial charge on any atom is -0.459 e. The Hall–Kier alpha value is -1.68. The summed E-state index contributed by atoms with van der Waals surface area (Å²) in [5.41, 5.74) is -0.0926. The Morgan fingerprint density at radius 2 is 2.09 bits per heavy atom. The van der Waals surface area contributed by atoms with Gasteiger partial charge in [0.25, 0.3) is 10.0 Å². The molecule has 2 atom stereocenters. The predicted molar refractivity (Wildman–Crippen MR) is 127 cm³/mol. The molecule has 1 fully saturated rings. The highest BCUT2D eigenvalue weighted by Crippen LogP contribution is 2.35. The van der Waals surface area contributed by atoms with E-state index in [-0.39, 0.29) is 32.4 Å². The highest BCUT2D eigenvalue weighted by molar-refractivity contribution is 7.91. The van der Waals surface area contributed by atoms with Gasteiger partial charge < -0.3 is 9.64 Å². The van der Waals surface area contributed by atoms with Crippen molar-refractivity contribution in [3.63, 3.8) is 0 Å². The number of nitrogens with zero attached hydrogens (tertiary/aromatic N) is 2. The van der Waals surface area contributed by atoms with E-state index in [0.29, 0.717) is 11.4 Å². The van der Waals surface area contributed by atoms with Crippen LogP contribution in [0, 0.1) is 17.2 Å². The summed E-state index contributed by atoms with van der Waals surface area (Å²) in [6, 6.07) is 3.51. The van der Waals surface area contributed by atoms with Crippen LogP contribution in [-0.4, -0.2) is 43.4 Å². The average molecular weight is 551 g/mol. The molecule has 3 rings (SSSR count). The van der Waals surface area contributed by atoms with Crippen LogP contribution in [0.15, 0.2) is 21.7 Å². The summed E-state index contributed by atoms with van der Waals surface area (Å²) in [6.45, 7) is 5.56. The summed E-state index contributed by atoms with van der Waals surface area (Å²) in [4.78, 5) is 28.2. The van der Waals surface area contributed by atoms with Crippen molar-refractivity contribution in [2.45, 2.75) is 49.6 Å². The Morgan fingerprint density at radius 1 is 1.39 bits per heavy atom. The highest BCUT2D eigenvalue weighted by Gasteiger charge is 2.44. The van der Waals surface area contributed by atoms with Crippen molar-refractivity contribution >= 4 is 67.8 Å². The van der Waals surface area contributed by atoms with Crippen LogP contribution in [0.4, 0.5) is 0 Å². The number of thiophene rings is 2. The molecule has 0 radical (unpaired) electrons. The smallest absolute Gasteiger partial charge is 0.325 e.